The van der Waals surface area contributed by atoms with Crippen LogP contribution in [0.25, 0.3) is 0 Å². The SMILES string of the molecule is CC1CCC([NH+]2CCN(C(=O)c3ccccc3F)CC2)CC1. The standard InChI is InChI=1S/C18H25FN2O/c1-14-6-8-15(9-7-14)20-10-12-21(13-11-20)18(22)16-4-2-3-5-17(16)19/h2-5,14-15H,6-13H2,1H3/p+1. The van der Waals surface area contributed by atoms with Gasteiger partial charge >= 0.3 is 0 Å². The van der Waals surface area contributed by atoms with Crippen LogP contribution in [-0.4, -0.2) is 43.0 Å². The molecule has 1 N–H and O–H groups in total. The Labute approximate surface area is 132 Å². The summed E-state index contributed by atoms with van der Waals surface area (Å²) < 4.78 is 13.7. The second-order valence-corrected chi connectivity index (χ2v) is 6.89. The van der Waals surface area contributed by atoms with Crippen molar-refractivity contribution in [3.05, 3.63) is 35.6 Å². The fraction of sp³-hybridized carbons (Fsp3) is 0.611. The molecule has 2 aliphatic rings. The lowest BCUT2D eigenvalue weighted by Crippen LogP contribution is -3.18. The third-order valence-corrected chi connectivity index (χ3v) is 5.39. The summed E-state index contributed by atoms with van der Waals surface area (Å²) in [6.07, 6.45) is 5.31. The van der Waals surface area contributed by atoms with Gasteiger partial charge in [-0.1, -0.05) is 19.1 Å². The van der Waals surface area contributed by atoms with Crippen LogP contribution in [0.15, 0.2) is 24.3 Å². The Morgan fingerprint density at radius 1 is 1.14 bits per heavy atom. The zero-order valence-electron chi connectivity index (χ0n) is 13.4. The second-order valence-electron chi connectivity index (χ2n) is 6.89. The van der Waals surface area contributed by atoms with Gasteiger partial charge in [0.1, 0.15) is 5.82 Å². The van der Waals surface area contributed by atoms with Crippen LogP contribution in [0.4, 0.5) is 4.39 Å². The van der Waals surface area contributed by atoms with Crippen molar-refractivity contribution in [1.82, 2.24) is 4.90 Å². The van der Waals surface area contributed by atoms with E-state index in [1.54, 1.807) is 23.1 Å². The lowest BCUT2D eigenvalue weighted by Gasteiger charge is -2.39. The maximum atomic E-state index is 13.7. The van der Waals surface area contributed by atoms with Crippen LogP contribution >= 0.6 is 0 Å². The Morgan fingerprint density at radius 2 is 1.77 bits per heavy atom. The largest absolute Gasteiger partial charge is 0.330 e. The molecule has 0 radical (unpaired) electrons. The summed E-state index contributed by atoms with van der Waals surface area (Å²) in [6.45, 7) is 5.83. The molecule has 1 saturated heterocycles. The summed E-state index contributed by atoms with van der Waals surface area (Å²) in [5, 5.41) is 0. The van der Waals surface area contributed by atoms with E-state index < -0.39 is 5.82 Å². The van der Waals surface area contributed by atoms with Crippen molar-refractivity contribution in [3.63, 3.8) is 0 Å². The van der Waals surface area contributed by atoms with Crippen molar-refractivity contribution in [2.45, 2.75) is 38.6 Å². The second kappa shape index (κ2) is 6.78. The van der Waals surface area contributed by atoms with Gasteiger partial charge in [-0.05, 0) is 43.7 Å². The number of carbonyl (C=O) groups excluding carboxylic acids is 1. The van der Waals surface area contributed by atoms with E-state index in [0.717, 1.165) is 38.1 Å². The minimum atomic E-state index is -0.413. The highest BCUT2D eigenvalue weighted by atomic mass is 19.1. The van der Waals surface area contributed by atoms with E-state index in [4.69, 9.17) is 0 Å². The van der Waals surface area contributed by atoms with Crippen molar-refractivity contribution in [3.8, 4) is 0 Å². The highest BCUT2D eigenvalue weighted by Gasteiger charge is 2.32. The first kappa shape index (κ1) is 15.5. The molecule has 2 fully saturated rings. The zero-order chi connectivity index (χ0) is 15.5. The third kappa shape index (κ3) is 3.32. The average molecular weight is 305 g/mol. The fourth-order valence-corrected chi connectivity index (χ4v) is 3.88. The maximum absolute atomic E-state index is 13.7. The van der Waals surface area contributed by atoms with Crippen molar-refractivity contribution in [1.29, 1.82) is 0 Å². The third-order valence-electron chi connectivity index (χ3n) is 5.39. The number of hydrogen-bond acceptors (Lipinski definition) is 1. The molecule has 3 nitrogen and oxygen atoms in total. The van der Waals surface area contributed by atoms with Gasteiger partial charge in [-0.15, -0.1) is 0 Å². The van der Waals surface area contributed by atoms with E-state index in [2.05, 4.69) is 6.92 Å². The van der Waals surface area contributed by atoms with E-state index >= 15 is 0 Å². The molecule has 1 aliphatic heterocycles. The molecule has 4 heteroatoms. The normalized spacial score (nSPS) is 26.9. The van der Waals surface area contributed by atoms with Crippen molar-refractivity contribution in [2.75, 3.05) is 26.2 Å². The molecule has 3 rings (SSSR count). The molecule has 0 bridgehead atoms. The number of benzene rings is 1. The highest BCUT2D eigenvalue weighted by molar-refractivity contribution is 5.94. The Balaban J connectivity index is 1.55. The summed E-state index contributed by atoms with van der Waals surface area (Å²) in [5.41, 5.74) is 0.206. The van der Waals surface area contributed by atoms with Crippen LogP contribution < -0.4 is 4.90 Å². The van der Waals surface area contributed by atoms with Gasteiger partial charge in [0, 0.05) is 0 Å². The first-order valence-electron chi connectivity index (χ1n) is 8.53. The van der Waals surface area contributed by atoms with E-state index in [0.29, 0.717) is 0 Å². The van der Waals surface area contributed by atoms with E-state index in [9.17, 15) is 9.18 Å². The number of rotatable bonds is 2. The van der Waals surface area contributed by atoms with Gasteiger partial charge in [0.05, 0.1) is 37.8 Å². The van der Waals surface area contributed by atoms with Crippen molar-refractivity contribution >= 4 is 5.91 Å². The van der Waals surface area contributed by atoms with Gasteiger partial charge in [-0.25, -0.2) is 4.39 Å². The number of hydrogen-bond donors (Lipinski definition) is 1. The van der Waals surface area contributed by atoms with Gasteiger partial charge in [0.15, 0.2) is 0 Å². The summed E-state index contributed by atoms with van der Waals surface area (Å²) >= 11 is 0. The van der Waals surface area contributed by atoms with Crippen molar-refractivity contribution < 1.29 is 14.1 Å². The molecule has 0 unspecified atom stereocenters. The van der Waals surface area contributed by atoms with Crippen LogP contribution in [0.2, 0.25) is 0 Å². The van der Waals surface area contributed by atoms with Gasteiger partial charge in [0.25, 0.3) is 5.91 Å². The smallest absolute Gasteiger partial charge is 0.257 e. The molecule has 1 aromatic rings. The Bertz CT molecular complexity index is 518. The number of carbonyl (C=O) groups is 1. The summed E-state index contributed by atoms with van der Waals surface area (Å²) in [7, 11) is 0. The summed E-state index contributed by atoms with van der Waals surface area (Å²) in [5.74, 6) is 0.303. The van der Waals surface area contributed by atoms with Gasteiger partial charge < -0.3 is 9.80 Å². The van der Waals surface area contributed by atoms with E-state index in [-0.39, 0.29) is 11.5 Å². The quantitative estimate of drug-likeness (QED) is 0.884. The first-order valence-corrected chi connectivity index (χ1v) is 8.53. The Kier molecular flexibility index (Phi) is 4.77. The van der Waals surface area contributed by atoms with Crippen molar-refractivity contribution in [2.24, 2.45) is 5.92 Å². The Hall–Kier alpha value is -1.42. The summed E-state index contributed by atoms with van der Waals surface area (Å²) in [4.78, 5) is 15.9. The number of amides is 1. The van der Waals surface area contributed by atoms with Gasteiger partial charge in [-0.3, -0.25) is 4.79 Å². The number of piperazine rings is 1. The molecular weight excluding hydrogens is 279 g/mol. The number of quaternary nitrogens is 1. The highest BCUT2D eigenvalue weighted by Crippen LogP contribution is 2.22. The zero-order valence-corrected chi connectivity index (χ0v) is 13.4. The molecule has 1 heterocycles. The van der Waals surface area contributed by atoms with Crippen LogP contribution in [0, 0.1) is 11.7 Å². The van der Waals surface area contributed by atoms with Crippen LogP contribution in [0.3, 0.4) is 0 Å². The van der Waals surface area contributed by atoms with Crippen LogP contribution in [0.5, 0.6) is 0 Å². The molecule has 22 heavy (non-hydrogen) atoms. The fourth-order valence-electron chi connectivity index (χ4n) is 3.88. The number of nitrogens with one attached hydrogen (secondary N) is 1. The summed E-state index contributed by atoms with van der Waals surface area (Å²) in [6, 6.07) is 7.05. The average Bonchev–Trinajstić information content (AvgIpc) is 2.56. The monoisotopic (exact) mass is 305 g/mol. The van der Waals surface area contributed by atoms with E-state index in [1.165, 1.54) is 31.7 Å². The predicted molar refractivity (Wildman–Crippen MR) is 84.4 cm³/mol. The molecule has 1 amide bonds. The topological polar surface area (TPSA) is 24.8 Å². The number of nitrogens with zero attached hydrogens (tertiary/aromatic N) is 1. The molecule has 1 aliphatic carbocycles. The molecule has 0 spiro atoms. The minimum absolute atomic E-state index is 0.158. The lowest BCUT2D eigenvalue weighted by molar-refractivity contribution is -0.930. The molecule has 1 saturated carbocycles. The molecular formula is C18H26FN2O+. The maximum Gasteiger partial charge on any atom is 0.257 e. The molecule has 1 aromatic carbocycles. The van der Waals surface area contributed by atoms with Crippen LogP contribution in [0.1, 0.15) is 43.0 Å². The minimum Gasteiger partial charge on any atom is -0.330 e. The number of halogens is 1. The molecule has 120 valence electrons. The molecule has 0 aromatic heterocycles. The van der Waals surface area contributed by atoms with E-state index in [1.807, 2.05) is 4.90 Å². The van der Waals surface area contributed by atoms with Gasteiger partial charge in [-0.2, -0.15) is 0 Å². The van der Waals surface area contributed by atoms with Gasteiger partial charge in [0.2, 0.25) is 0 Å². The Morgan fingerprint density at radius 3 is 2.41 bits per heavy atom. The first-order chi connectivity index (χ1) is 10.6. The van der Waals surface area contributed by atoms with Crippen LogP contribution in [-0.2, 0) is 0 Å². The lowest BCUT2D eigenvalue weighted by atomic mass is 9.86. The molecule has 0 atom stereocenters. The predicted octanol–water partition coefficient (Wildman–Crippen LogP) is 1.75.